The SMILES string of the molecule is CC.CC.CN1c2ccccc2C(C)(C)N(C)C(C)(C)C1(C)C. The highest BCUT2D eigenvalue weighted by molar-refractivity contribution is 5.59. The third-order valence-corrected chi connectivity index (χ3v) is 5.94. The van der Waals surface area contributed by atoms with E-state index in [1.165, 1.54) is 11.3 Å². The zero-order valence-electron chi connectivity index (χ0n) is 17.7. The molecule has 0 atom stereocenters. The average molecular weight is 321 g/mol. The van der Waals surface area contributed by atoms with Crippen molar-refractivity contribution in [1.29, 1.82) is 0 Å². The fourth-order valence-electron chi connectivity index (χ4n) is 3.28. The number of nitrogens with zero attached hydrogens (tertiary/aromatic N) is 2. The standard InChI is InChI=1S/C17H28N2.2C2H6/c1-15(2)13-11-9-10-12-14(13)18(7)16(3,4)17(5,6)19(15)8;2*1-2/h9-12H,1-8H3;2*1-2H3. The lowest BCUT2D eigenvalue weighted by molar-refractivity contribution is 0.00577. The molecule has 2 heteroatoms. The predicted octanol–water partition coefficient (Wildman–Crippen LogP) is 5.91. The van der Waals surface area contributed by atoms with Crippen LogP contribution in [-0.4, -0.2) is 30.1 Å². The van der Waals surface area contributed by atoms with Gasteiger partial charge in [-0.3, -0.25) is 4.90 Å². The Morgan fingerprint density at radius 2 is 1.13 bits per heavy atom. The third-order valence-electron chi connectivity index (χ3n) is 5.94. The van der Waals surface area contributed by atoms with Crippen LogP contribution in [0.1, 0.15) is 74.8 Å². The molecule has 0 N–H and O–H groups in total. The van der Waals surface area contributed by atoms with Gasteiger partial charge in [-0.1, -0.05) is 45.9 Å². The predicted molar refractivity (Wildman–Crippen MR) is 106 cm³/mol. The van der Waals surface area contributed by atoms with Crippen LogP contribution in [0.25, 0.3) is 0 Å². The van der Waals surface area contributed by atoms with Crippen LogP contribution in [0.3, 0.4) is 0 Å². The molecule has 2 rings (SSSR count). The molecule has 23 heavy (non-hydrogen) atoms. The van der Waals surface area contributed by atoms with E-state index in [1.54, 1.807) is 0 Å². The number of benzene rings is 1. The van der Waals surface area contributed by atoms with Crippen LogP contribution < -0.4 is 4.90 Å². The number of anilines is 1. The van der Waals surface area contributed by atoms with Gasteiger partial charge in [0.1, 0.15) is 0 Å². The zero-order valence-corrected chi connectivity index (χ0v) is 17.7. The summed E-state index contributed by atoms with van der Waals surface area (Å²) >= 11 is 0. The molecular formula is C21H40N2. The second-order valence-electron chi connectivity index (χ2n) is 7.31. The Kier molecular flexibility index (Phi) is 7.36. The fraction of sp³-hybridized carbons (Fsp3) is 0.714. The van der Waals surface area contributed by atoms with E-state index < -0.39 is 0 Å². The maximum absolute atomic E-state index is 2.52. The van der Waals surface area contributed by atoms with Gasteiger partial charge < -0.3 is 4.90 Å². The van der Waals surface area contributed by atoms with Crippen LogP contribution in [0.2, 0.25) is 0 Å². The van der Waals surface area contributed by atoms with Gasteiger partial charge >= 0.3 is 0 Å². The van der Waals surface area contributed by atoms with Gasteiger partial charge in [-0.15, -0.1) is 0 Å². The number of para-hydroxylation sites is 1. The van der Waals surface area contributed by atoms with E-state index in [9.17, 15) is 0 Å². The number of likely N-dealkylation sites (N-methyl/N-ethyl adjacent to an activating group) is 2. The van der Waals surface area contributed by atoms with E-state index in [-0.39, 0.29) is 16.6 Å². The van der Waals surface area contributed by atoms with Gasteiger partial charge in [-0.05, 0) is 60.2 Å². The summed E-state index contributed by atoms with van der Waals surface area (Å²) in [4.78, 5) is 4.95. The third kappa shape index (κ3) is 3.42. The summed E-state index contributed by atoms with van der Waals surface area (Å²) in [6, 6.07) is 8.79. The molecule has 0 saturated heterocycles. The molecular weight excluding hydrogens is 280 g/mol. The van der Waals surface area contributed by atoms with Gasteiger partial charge in [-0.25, -0.2) is 0 Å². The van der Waals surface area contributed by atoms with E-state index in [4.69, 9.17) is 0 Å². The Labute approximate surface area is 145 Å². The summed E-state index contributed by atoms with van der Waals surface area (Å²) in [6.45, 7) is 22.0. The van der Waals surface area contributed by atoms with Gasteiger partial charge in [0.25, 0.3) is 0 Å². The summed E-state index contributed by atoms with van der Waals surface area (Å²) in [5.74, 6) is 0. The molecule has 1 aliphatic heterocycles. The van der Waals surface area contributed by atoms with Crippen molar-refractivity contribution < 1.29 is 0 Å². The maximum Gasteiger partial charge on any atom is 0.0521 e. The molecule has 0 unspecified atom stereocenters. The van der Waals surface area contributed by atoms with Gasteiger partial charge in [0.2, 0.25) is 0 Å². The molecule has 0 bridgehead atoms. The van der Waals surface area contributed by atoms with E-state index >= 15 is 0 Å². The molecule has 1 aromatic carbocycles. The van der Waals surface area contributed by atoms with Crippen LogP contribution in [0.4, 0.5) is 5.69 Å². The topological polar surface area (TPSA) is 6.48 Å². The Bertz CT molecular complexity index is 486. The fourth-order valence-corrected chi connectivity index (χ4v) is 3.28. The second kappa shape index (κ2) is 7.70. The Hall–Kier alpha value is -1.02. The highest BCUT2D eigenvalue weighted by Gasteiger charge is 2.51. The summed E-state index contributed by atoms with van der Waals surface area (Å²) < 4.78 is 0. The van der Waals surface area contributed by atoms with E-state index in [0.717, 1.165) is 0 Å². The molecule has 0 amide bonds. The Morgan fingerprint density at radius 3 is 1.61 bits per heavy atom. The molecule has 0 aromatic heterocycles. The maximum atomic E-state index is 2.52. The minimum Gasteiger partial charge on any atom is -0.367 e. The lowest BCUT2D eigenvalue weighted by Crippen LogP contribution is -2.65. The van der Waals surface area contributed by atoms with Crippen LogP contribution in [0, 0.1) is 0 Å². The minimum atomic E-state index is 0.0160. The first kappa shape index (κ1) is 22.0. The zero-order chi connectivity index (χ0) is 18.6. The summed E-state index contributed by atoms with van der Waals surface area (Å²) in [6.07, 6.45) is 0. The van der Waals surface area contributed by atoms with Gasteiger partial charge in [-0.2, -0.15) is 0 Å². The first-order chi connectivity index (χ1) is 10.5. The van der Waals surface area contributed by atoms with Crippen molar-refractivity contribution in [2.75, 3.05) is 19.0 Å². The average Bonchev–Trinajstić information content (AvgIpc) is 2.58. The summed E-state index contributed by atoms with van der Waals surface area (Å²) in [5, 5.41) is 0. The molecule has 0 radical (unpaired) electrons. The highest BCUT2D eigenvalue weighted by atomic mass is 15.3. The second-order valence-corrected chi connectivity index (χ2v) is 7.31. The minimum absolute atomic E-state index is 0.0160. The van der Waals surface area contributed by atoms with Crippen molar-refractivity contribution in [2.45, 2.75) is 85.9 Å². The Balaban J connectivity index is 0.00000112. The largest absolute Gasteiger partial charge is 0.367 e. The molecule has 0 saturated carbocycles. The number of fused-ring (bicyclic) bond motifs is 1. The lowest BCUT2D eigenvalue weighted by Gasteiger charge is -2.53. The van der Waals surface area contributed by atoms with Crippen molar-refractivity contribution >= 4 is 5.69 Å². The van der Waals surface area contributed by atoms with Crippen LogP contribution >= 0.6 is 0 Å². The van der Waals surface area contributed by atoms with Crippen molar-refractivity contribution in [3.63, 3.8) is 0 Å². The normalized spacial score (nSPS) is 21.0. The summed E-state index contributed by atoms with van der Waals surface area (Å²) in [5.41, 5.74) is 2.87. The van der Waals surface area contributed by atoms with E-state index in [2.05, 4.69) is 89.7 Å². The molecule has 0 spiro atoms. The number of hydrogen-bond donors (Lipinski definition) is 0. The van der Waals surface area contributed by atoms with Crippen LogP contribution in [0.15, 0.2) is 24.3 Å². The first-order valence-electron chi connectivity index (χ1n) is 9.12. The molecule has 1 heterocycles. The first-order valence-corrected chi connectivity index (χ1v) is 9.12. The number of hydrogen-bond acceptors (Lipinski definition) is 2. The van der Waals surface area contributed by atoms with Gasteiger partial charge in [0.15, 0.2) is 0 Å². The molecule has 134 valence electrons. The smallest absolute Gasteiger partial charge is 0.0521 e. The van der Waals surface area contributed by atoms with E-state index in [0.29, 0.717) is 0 Å². The monoisotopic (exact) mass is 320 g/mol. The molecule has 1 aliphatic rings. The van der Waals surface area contributed by atoms with Gasteiger partial charge in [0, 0.05) is 23.8 Å². The highest BCUT2D eigenvalue weighted by Crippen LogP contribution is 2.47. The molecule has 1 aromatic rings. The van der Waals surface area contributed by atoms with Crippen molar-refractivity contribution in [1.82, 2.24) is 4.90 Å². The lowest BCUT2D eigenvalue weighted by atomic mass is 9.78. The van der Waals surface area contributed by atoms with Crippen molar-refractivity contribution in [2.24, 2.45) is 0 Å². The Morgan fingerprint density at radius 1 is 0.696 bits per heavy atom. The molecule has 2 nitrogen and oxygen atoms in total. The molecule has 0 aliphatic carbocycles. The van der Waals surface area contributed by atoms with Gasteiger partial charge in [0.05, 0.1) is 5.54 Å². The van der Waals surface area contributed by atoms with Crippen molar-refractivity contribution in [3.05, 3.63) is 29.8 Å². The quantitative estimate of drug-likeness (QED) is 0.586. The van der Waals surface area contributed by atoms with Crippen LogP contribution in [-0.2, 0) is 5.54 Å². The molecule has 0 fully saturated rings. The van der Waals surface area contributed by atoms with Crippen LogP contribution in [0.5, 0.6) is 0 Å². The summed E-state index contributed by atoms with van der Waals surface area (Å²) in [7, 11) is 4.47. The van der Waals surface area contributed by atoms with E-state index in [1.807, 2.05) is 27.7 Å². The van der Waals surface area contributed by atoms with Crippen molar-refractivity contribution in [3.8, 4) is 0 Å². The number of rotatable bonds is 0.